The van der Waals surface area contributed by atoms with E-state index in [9.17, 15) is 4.79 Å². The monoisotopic (exact) mass is 282 g/mol. The Morgan fingerprint density at radius 2 is 2.11 bits per heavy atom. The van der Waals surface area contributed by atoms with Crippen LogP contribution >= 0.6 is 24.0 Å². The van der Waals surface area contributed by atoms with Crippen LogP contribution < -0.4 is 11.1 Å². The van der Waals surface area contributed by atoms with E-state index in [1.807, 2.05) is 30.5 Å². The normalized spacial score (nSPS) is 10.1. The van der Waals surface area contributed by atoms with Gasteiger partial charge in [0.25, 0.3) is 5.91 Å². The number of hydrogen-bond acceptors (Lipinski definition) is 3. The van der Waals surface area contributed by atoms with E-state index in [0.29, 0.717) is 11.5 Å². The van der Waals surface area contributed by atoms with Crippen molar-refractivity contribution in [3.63, 3.8) is 0 Å². The Kier molecular flexibility index (Phi) is 6.75. The summed E-state index contributed by atoms with van der Waals surface area (Å²) in [6, 6.07) is 7.61. The number of hydrogen-bond donors (Lipinski definition) is 2. The summed E-state index contributed by atoms with van der Waals surface area (Å²) < 4.78 is 0. The molecule has 1 aromatic carbocycles. The Morgan fingerprint density at radius 1 is 1.39 bits per heavy atom. The molecule has 0 fully saturated rings. The molecule has 1 rings (SSSR count). The van der Waals surface area contributed by atoms with E-state index in [1.165, 1.54) is 0 Å². The zero-order chi connectivity index (χ0) is 13.4. The molecule has 0 heterocycles. The largest absolute Gasteiger partial charge is 0.393 e. The number of nitrogens with one attached hydrogen (secondary N) is 1. The first-order valence-electron chi connectivity index (χ1n) is 5.84. The highest BCUT2D eigenvalue weighted by molar-refractivity contribution is 7.98. The first kappa shape index (κ1) is 15.0. The van der Waals surface area contributed by atoms with E-state index in [2.05, 4.69) is 5.32 Å². The van der Waals surface area contributed by atoms with Crippen molar-refractivity contribution in [3.8, 4) is 0 Å². The molecule has 0 spiro atoms. The van der Waals surface area contributed by atoms with Gasteiger partial charge in [-0.1, -0.05) is 24.4 Å². The second-order valence-corrected chi connectivity index (χ2v) is 5.25. The molecule has 0 saturated heterocycles. The number of nitrogens with two attached hydrogens (primary N) is 1. The van der Waals surface area contributed by atoms with E-state index >= 15 is 0 Å². The summed E-state index contributed by atoms with van der Waals surface area (Å²) in [5.74, 6) is -0.0183. The molecule has 0 aliphatic rings. The van der Waals surface area contributed by atoms with Crippen molar-refractivity contribution in [3.05, 3.63) is 29.8 Å². The Hall–Kier alpha value is -1.07. The average Bonchev–Trinajstić information content (AvgIpc) is 2.37. The van der Waals surface area contributed by atoms with Crippen molar-refractivity contribution in [1.29, 1.82) is 0 Å². The van der Waals surface area contributed by atoms with Gasteiger partial charge in [-0.05, 0) is 37.7 Å². The number of carbonyl (C=O) groups excluding carboxylic acids is 1. The molecule has 0 aliphatic heterocycles. The van der Waals surface area contributed by atoms with Gasteiger partial charge in [-0.3, -0.25) is 4.79 Å². The van der Waals surface area contributed by atoms with E-state index in [1.54, 1.807) is 11.8 Å². The first-order valence-corrected chi connectivity index (χ1v) is 7.48. The minimum Gasteiger partial charge on any atom is -0.393 e. The summed E-state index contributed by atoms with van der Waals surface area (Å²) in [5.41, 5.74) is 6.14. The molecule has 0 bridgehead atoms. The van der Waals surface area contributed by atoms with Crippen LogP contribution in [0.15, 0.2) is 29.2 Å². The molecule has 98 valence electrons. The van der Waals surface area contributed by atoms with Gasteiger partial charge in [0, 0.05) is 11.4 Å². The molecule has 0 radical (unpaired) electrons. The third-order valence-electron chi connectivity index (χ3n) is 2.49. The van der Waals surface area contributed by atoms with Crippen LogP contribution in [0.25, 0.3) is 0 Å². The van der Waals surface area contributed by atoms with Crippen LogP contribution in [0, 0.1) is 0 Å². The molecule has 1 aromatic rings. The maximum absolute atomic E-state index is 11.9. The smallest absolute Gasteiger partial charge is 0.252 e. The summed E-state index contributed by atoms with van der Waals surface area (Å²) in [6.07, 6.45) is 4.52. The van der Waals surface area contributed by atoms with E-state index in [-0.39, 0.29) is 5.91 Å². The summed E-state index contributed by atoms with van der Waals surface area (Å²) in [7, 11) is 0. The molecule has 5 heteroatoms. The van der Waals surface area contributed by atoms with Crippen molar-refractivity contribution in [1.82, 2.24) is 5.32 Å². The lowest BCUT2D eigenvalue weighted by molar-refractivity contribution is 0.0950. The highest BCUT2D eigenvalue weighted by Crippen LogP contribution is 2.19. The van der Waals surface area contributed by atoms with Gasteiger partial charge in [0.2, 0.25) is 0 Å². The number of carbonyl (C=O) groups is 1. The molecule has 1 amide bonds. The van der Waals surface area contributed by atoms with E-state index in [0.717, 1.165) is 29.7 Å². The fourth-order valence-electron chi connectivity index (χ4n) is 1.55. The predicted molar refractivity (Wildman–Crippen MR) is 81.2 cm³/mol. The maximum Gasteiger partial charge on any atom is 0.252 e. The molecule has 0 unspecified atom stereocenters. The van der Waals surface area contributed by atoms with Crippen LogP contribution in [0.2, 0.25) is 0 Å². The zero-order valence-corrected chi connectivity index (χ0v) is 12.1. The lowest BCUT2D eigenvalue weighted by Gasteiger charge is -2.08. The molecule has 0 aromatic heterocycles. The summed E-state index contributed by atoms with van der Waals surface area (Å²) >= 11 is 6.37. The van der Waals surface area contributed by atoms with Gasteiger partial charge in [0.1, 0.15) is 0 Å². The fraction of sp³-hybridized carbons (Fsp3) is 0.385. The Balaban J connectivity index is 2.38. The molecule has 3 N–H and O–H groups in total. The van der Waals surface area contributed by atoms with Crippen molar-refractivity contribution in [2.75, 3.05) is 12.8 Å². The maximum atomic E-state index is 11.9. The highest BCUT2D eigenvalue weighted by Gasteiger charge is 2.08. The molecule has 0 saturated carbocycles. The molecule has 3 nitrogen and oxygen atoms in total. The third-order valence-corrected chi connectivity index (χ3v) is 3.49. The van der Waals surface area contributed by atoms with Crippen molar-refractivity contribution in [2.45, 2.75) is 24.2 Å². The lowest BCUT2D eigenvalue weighted by Crippen LogP contribution is -2.25. The number of thiocarbonyl (C=S) groups is 1. The Bertz CT molecular complexity index is 421. The van der Waals surface area contributed by atoms with Gasteiger partial charge < -0.3 is 11.1 Å². The van der Waals surface area contributed by atoms with Crippen LogP contribution in [0.5, 0.6) is 0 Å². The minimum atomic E-state index is -0.0183. The summed E-state index contributed by atoms with van der Waals surface area (Å²) in [5, 5.41) is 2.91. The lowest BCUT2D eigenvalue weighted by atomic mass is 10.2. The molecular formula is C13H18N2OS2. The number of rotatable bonds is 7. The van der Waals surface area contributed by atoms with E-state index in [4.69, 9.17) is 18.0 Å². The quantitative estimate of drug-likeness (QED) is 0.458. The SMILES string of the molecule is CSc1ccccc1C(=O)NCCCCC(N)=S. The molecular weight excluding hydrogens is 264 g/mol. The van der Waals surface area contributed by atoms with Gasteiger partial charge in [-0.15, -0.1) is 11.8 Å². The molecule has 0 aliphatic carbocycles. The topological polar surface area (TPSA) is 55.1 Å². The van der Waals surface area contributed by atoms with Crippen LogP contribution in [-0.4, -0.2) is 23.7 Å². The van der Waals surface area contributed by atoms with Gasteiger partial charge in [-0.2, -0.15) is 0 Å². The van der Waals surface area contributed by atoms with Gasteiger partial charge in [-0.25, -0.2) is 0 Å². The van der Waals surface area contributed by atoms with Crippen LogP contribution in [0.1, 0.15) is 29.6 Å². The molecule has 18 heavy (non-hydrogen) atoms. The van der Waals surface area contributed by atoms with E-state index < -0.39 is 0 Å². The Morgan fingerprint density at radius 3 is 2.78 bits per heavy atom. The standard InChI is InChI=1S/C13H18N2OS2/c1-18-11-7-3-2-6-10(11)13(16)15-9-5-4-8-12(14)17/h2-3,6-7H,4-5,8-9H2,1H3,(H2,14,17)(H,15,16). The fourth-order valence-corrected chi connectivity index (χ4v) is 2.29. The molecule has 0 atom stereocenters. The highest BCUT2D eigenvalue weighted by atomic mass is 32.2. The minimum absolute atomic E-state index is 0.0183. The second kappa shape index (κ2) is 8.11. The summed E-state index contributed by atoms with van der Waals surface area (Å²) in [6.45, 7) is 0.657. The first-order chi connectivity index (χ1) is 8.65. The number of thioether (sulfide) groups is 1. The van der Waals surface area contributed by atoms with Crippen molar-refractivity contribution >= 4 is 34.9 Å². The van der Waals surface area contributed by atoms with Crippen molar-refractivity contribution < 1.29 is 4.79 Å². The second-order valence-electron chi connectivity index (χ2n) is 3.88. The van der Waals surface area contributed by atoms with Gasteiger partial charge in [0.15, 0.2) is 0 Å². The van der Waals surface area contributed by atoms with Crippen LogP contribution in [0.4, 0.5) is 0 Å². The number of amides is 1. The van der Waals surface area contributed by atoms with Crippen molar-refractivity contribution in [2.24, 2.45) is 5.73 Å². The number of benzene rings is 1. The Labute approximate surface area is 118 Å². The summed E-state index contributed by atoms with van der Waals surface area (Å²) in [4.78, 5) is 13.5. The van der Waals surface area contributed by atoms with Gasteiger partial charge >= 0.3 is 0 Å². The van der Waals surface area contributed by atoms with Crippen LogP contribution in [-0.2, 0) is 0 Å². The van der Waals surface area contributed by atoms with Gasteiger partial charge in [0.05, 0.1) is 10.6 Å². The van der Waals surface area contributed by atoms with Crippen LogP contribution in [0.3, 0.4) is 0 Å². The average molecular weight is 282 g/mol. The zero-order valence-electron chi connectivity index (χ0n) is 10.4. The number of unbranched alkanes of at least 4 members (excludes halogenated alkanes) is 1. The third kappa shape index (κ3) is 5.06. The predicted octanol–water partition coefficient (Wildman–Crippen LogP) is 2.59.